The number of ether oxygens (including phenoxy) is 3. The number of aromatic nitrogens is 2. The molecule has 36 heavy (non-hydrogen) atoms. The van der Waals surface area contributed by atoms with Gasteiger partial charge in [0, 0.05) is 23.6 Å². The van der Waals surface area contributed by atoms with Crippen LogP contribution in [0, 0.1) is 6.92 Å². The molecule has 0 saturated carbocycles. The van der Waals surface area contributed by atoms with E-state index in [2.05, 4.69) is 4.98 Å². The maximum Gasteiger partial charge on any atom is 0.435 e. The van der Waals surface area contributed by atoms with Gasteiger partial charge in [-0.05, 0) is 61.5 Å². The first-order chi connectivity index (χ1) is 17.3. The topological polar surface area (TPSA) is 110 Å². The molecule has 3 aromatic rings. The van der Waals surface area contributed by atoms with Crippen LogP contribution < -0.4 is 29.8 Å². The van der Waals surface area contributed by atoms with Crippen molar-refractivity contribution in [3.63, 3.8) is 0 Å². The molecule has 10 nitrogen and oxygen atoms in total. The van der Waals surface area contributed by atoms with E-state index in [4.69, 9.17) is 39.6 Å². The van der Waals surface area contributed by atoms with Gasteiger partial charge in [-0.15, -0.1) is 0 Å². The first kappa shape index (κ1) is 25.7. The Morgan fingerprint density at radius 1 is 0.917 bits per heavy atom. The Balaban J connectivity index is 1.48. The van der Waals surface area contributed by atoms with Crippen LogP contribution >= 0.6 is 6.72 Å². The minimum atomic E-state index is -3.36. The molecule has 1 N–H and O–H groups in total. The molecule has 2 heterocycles. The van der Waals surface area contributed by atoms with E-state index in [-0.39, 0.29) is 6.61 Å². The summed E-state index contributed by atoms with van der Waals surface area (Å²) in [6, 6.07) is 13.8. The lowest BCUT2D eigenvalue weighted by molar-refractivity contribution is -0.00695. The van der Waals surface area contributed by atoms with Gasteiger partial charge in [-0.25, -0.2) is 4.79 Å². The third-order valence-corrected chi connectivity index (χ3v) is 7.27. The summed E-state index contributed by atoms with van der Waals surface area (Å²) in [6.07, 6.45) is 3.66. The van der Waals surface area contributed by atoms with Crippen molar-refractivity contribution >= 4 is 18.5 Å². The average Bonchev–Trinajstić information content (AvgIpc) is 3.35. The van der Waals surface area contributed by atoms with Crippen LogP contribution in [0.5, 0.6) is 23.0 Å². The summed E-state index contributed by atoms with van der Waals surface area (Å²) in [5, 5.41) is 0. The zero-order valence-corrected chi connectivity index (χ0v) is 21.5. The van der Waals surface area contributed by atoms with E-state index in [0.717, 1.165) is 0 Å². The van der Waals surface area contributed by atoms with Crippen molar-refractivity contribution < 1.29 is 27.8 Å². The molecular formula is C24H25N2O8PS. The van der Waals surface area contributed by atoms with Gasteiger partial charge in [0.25, 0.3) is 5.56 Å². The van der Waals surface area contributed by atoms with Gasteiger partial charge < -0.3 is 23.3 Å². The number of rotatable bonds is 10. The molecule has 4 rings (SSSR count). The summed E-state index contributed by atoms with van der Waals surface area (Å²) in [7, 11) is 3.14. The first-order valence-corrected chi connectivity index (χ1v) is 13.4. The van der Waals surface area contributed by atoms with Crippen LogP contribution in [-0.4, -0.2) is 36.5 Å². The Kier molecular flexibility index (Phi) is 7.95. The molecule has 190 valence electrons. The van der Waals surface area contributed by atoms with Gasteiger partial charge in [0.2, 0.25) is 0 Å². The van der Waals surface area contributed by atoms with E-state index in [1.165, 1.54) is 10.8 Å². The number of benzene rings is 2. The number of methoxy groups -OCH3 is 2. The maximum atomic E-state index is 12.2. The minimum absolute atomic E-state index is 0.00761. The van der Waals surface area contributed by atoms with Crippen molar-refractivity contribution in [2.75, 3.05) is 20.8 Å². The number of nitrogens with one attached hydrogen (secondary N) is 1. The average molecular weight is 533 g/mol. The molecule has 0 fully saturated rings. The van der Waals surface area contributed by atoms with Crippen molar-refractivity contribution in [2.45, 2.75) is 19.3 Å². The number of H-pyrrole nitrogens is 1. The van der Waals surface area contributed by atoms with Gasteiger partial charge in [0.15, 0.2) is 6.23 Å². The molecule has 0 bridgehead atoms. The predicted molar refractivity (Wildman–Crippen MR) is 137 cm³/mol. The second-order valence-corrected chi connectivity index (χ2v) is 10.6. The Bertz CT molecular complexity index is 1330. The lowest BCUT2D eigenvalue weighted by Gasteiger charge is -2.24. The third-order valence-electron chi connectivity index (χ3n) is 5.17. The van der Waals surface area contributed by atoms with E-state index in [1.54, 1.807) is 81.8 Å². The predicted octanol–water partition coefficient (Wildman–Crippen LogP) is 3.71. The summed E-state index contributed by atoms with van der Waals surface area (Å²) in [6.45, 7) is -1.74. The van der Waals surface area contributed by atoms with Crippen LogP contribution in [0.2, 0.25) is 0 Å². The quantitative estimate of drug-likeness (QED) is 0.309. The maximum absolute atomic E-state index is 12.2. The van der Waals surface area contributed by atoms with Crippen LogP contribution in [0.4, 0.5) is 0 Å². The van der Waals surface area contributed by atoms with E-state index in [0.29, 0.717) is 28.6 Å². The Labute approximate surface area is 212 Å². The molecule has 0 saturated heterocycles. The molecule has 0 radical (unpaired) electrons. The normalized spacial score (nSPS) is 17.1. The summed E-state index contributed by atoms with van der Waals surface area (Å²) >= 11 is 5.71. The van der Waals surface area contributed by atoms with Crippen molar-refractivity contribution in [2.24, 2.45) is 0 Å². The minimum Gasteiger partial charge on any atom is -0.497 e. The highest BCUT2D eigenvalue weighted by atomic mass is 32.5. The Morgan fingerprint density at radius 2 is 1.44 bits per heavy atom. The highest BCUT2D eigenvalue weighted by Gasteiger charge is 2.29. The van der Waals surface area contributed by atoms with Crippen LogP contribution in [0.15, 0.2) is 76.5 Å². The monoisotopic (exact) mass is 532 g/mol. The van der Waals surface area contributed by atoms with Crippen molar-refractivity contribution in [1.29, 1.82) is 0 Å². The second kappa shape index (κ2) is 11.1. The fourth-order valence-electron chi connectivity index (χ4n) is 3.28. The highest BCUT2D eigenvalue weighted by molar-refractivity contribution is 8.07. The molecule has 0 unspecified atom stereocenters. The van der Waals surface area contributed by atoms with Crippen molar-refractivity contribution in [1.82, 2.24) is 9.55 Å². The van der Waals surface area contributed by atoms with Crippen molar-refractivity contribution in [3.8, 4) is 23.0 Å². The second-order valence-electron chi connectivity index (χ2n) is 7.71. The summed E-state index contributed by atoms with van der Waals surface area (Å²) in [5.41, 5.74) is -0.620. The highest BCUT2D eigenvalue weighted by Crippen LogP contribution is 2.50. The standard InChI is InChI=1S/C24H25N2O8PS/c1-16-14-26(24(28)25-23(16)27)22-13-12-21(32-22)15-31-35(36,33-19-8-4-17(29-2)5-9-19)34-20-10-6-18(30-3)7-11-20/h4-14,21-22H,15H2,1-3H3,(H,25,27,28)/t21-,22+/m0/s1. The van der Waals surface area contributed by atoms with E-state index in [1.807, 2.05) is 0 Å². The molecule has 1 aliphatic rings. The molecule has 0 amide bonds. The Hall–Kier alpha value is -3.37. The zero-order valence-electron chi connectivity index (χ0n) is 19.8. The number of aromatic amines is 1. The van der Waals surface area contributed by atoms with E-state index >= 15 is 0 Å². The van der Waals surface area contributed by atoms with Gasteiger partial charge in [0.1, 0.15) is 29.1 Å². The fraction of sp³-hybridized carbons (Fsp3) is 0.250. The molecule has 0 spiro atoms. The lowest BCUT2D eigenvalue weighted by Crippen LogP contribution is -2.33. The molecule has 2 atom stereocenters. The lowest BCUT2D eigenvalue weighted by atomic mass is 10.3. The number of nitrogens with zero attached hydrogens (tertiary/aromatic N) is 1. The van der Waals surface area contributed by atoms with Gasteiger partial charge in [-0.1, -0.05) is 6.08 Å². The van der Waals surface area contributed by atoms with E-state index < -0.39 is 30.3 Å². The SMILES string of the molecule is COc1ccc(OP(=S)(OC[C@@H]2C=C[C@H](n3cc(C)c(=O)[nH]c3=O)O2)Oc2ccc(OC)cc2)cc1. The molecular weight excluding hydrogens is 507 g/mol. The molecule has 1 aliphatic heterocycles. The largest absolute Gasteiger partial charge is 0.497 e. The number of hydrogen-bond acceptors (Lipinski definition) is 9. The summed E-state index contributed by atoms with van der Waals surface area (Å²) in [4.78, 5) is 26.1. The zero-order chi connectivity index (χ0) is 25.7. The van der Waals surface area contributed by atoms with Crippen LogP contribution in [0.25, 0.3) is 0 Å². The molecule has 12 heteroatoms. The van der Waals surface area contributed by atoms with Gasteiger partial charge in [-0.3, -0.25) is 18.9 Å². The smallest absolute Gasteiger partial charge is 0.435 e. The third kappa shape index (κ3) is 6.24. The van der Waals surface area contributed by atoms with E-state index in [9.17, 15) is 9.59 Å². The summed E-state index contributed by atoms with van der Waals surface area (Å²) in [5.74, 6) is 2.22. The first-order valence-electron chi connectivity index (χ1n) is 10.9. The molecule has 2 aromatic carbocycles. The Morgan fingerprint density at radius 3 is 1.97 bits per heavy atom. The summed E-state index contributed by atoms with van der Waals surface area (Å²) < 4.78 is 35.6. The number of aryl methyl sites for hydroxylation is 1. The van der Waals surface area contributed by atoms with Gasteiger partial charge in [-0.2, -0.15) is 0 Å². The molecule has 1 aromatic heterocycles. The van der Waals surface area contributed by atoms with Crippen molar-refractivity contribution in [3.05, 3.63) is 93.3 Å². The van der Waals surface area contributed by atoms with Gasteiger partial charge >= 0.3 is 12.4 Å². The van der Waals surface area contributed by atoms with Gasteiger partial charge in [0.05, 0.1) is 20.8 Å². The fourth-order valence-corrected chi connectivity index (χ4v) is 5.22. The van der Waals surface area contributed by atoms with Crippen LogP contribution in [-0.2, 0) is 21.1 Å². The van der Waals surface area contributed by atoms with Crippen LogP contribution in [0.1, 0.15) is 11.8 Å². The molecule has 0 aliphatic carbocycles. The number of hydrogen-bond donors (Lipinski definition) is 1. The van der Waals surface area contributed by atoms with Crippen LogP contribution in [0.3, 0.4) is 0 Å².